The summed E-state index contributed by atoms with van der Waals surface area (Å²) in [5.41, 5.74) is 4.97. The van der Waals surface area contributed by atoms with Crippen LogP contribution >= 0.6 is 0 Å². The van der Waals surface area contributed by atoms with E-state index in [1.165, 1.54) is 12.1 Å². The Labute approximate surface area is 115 Å². The van der Waals surface area contributed by atoms with E-state index in [1.54, 1.807) is 42.6 Å². The van der Waals surface area contributed by atoms with Gasteiger partial charge < -0.3 is 5.11 Å². The molecule has 0 fully saturated rings. The molecule has 0 saturated carbocycles. The van der Waals surface area contributed by atoms with Crippen molar-refractivity contribution < 1.29 is 9.90 Å². The highest BCUT2D eigenvalue weighted by molar-refractivity contribution is 5.88. The molecule has 0 aliphatic rings. The third kappa shape index (κ3) is 3.43. The third-order valence-corrected chi connectivity index (χ3v) is 2.56. The first kappa shape index (κ1) is 13.3. The van der Waals surface area contributed by atoms with Crippen molar-refractivity contribution in [1.82, 2.24) is 0 Å². The number of nitrogens with one attached hydrogen (secondary N) is 1. The Hall–Kier alpha value is -3.13. The summed E-state index contributed by atoms with van der Waals surface area (Å²) in [5.74, 6) is -0.982. The molecule has 98 valence electrons. The molecule has 2 rings (SSSR count). The summed E-state index contributed by atoms with van der Waals surface area (Å²) in [6.45, 7) is 0. The van der Waals surface area contributed by atoms with Crippen LogP contribution in [0.2, 0.25) is 0 Å². The monoisotopic (exact) mass is 265 g/mol. The Bertz CT molecular complexity index is 685. The van der Waals surface area contributed by atoms with Crippen LogP contribution in [0.15, 0.2) is 53.6 Å². The zero-order chi connectivity index (χ0) is 14.4. The molecule has 2 N–H and O–H groups in total. The molecule has 0 radical (unpaired) electrons. The molecule has 0 unspecified atom stereocenters. The lowest BCUT2D eigenvalue weighted by Crippen LogP contribution is -1.97. The molecular weight excluding hydrogens is 254 g/mol. The Morgan fingerprint density at radius 3 is 2.65 bits per heavy atom. The number of benzene rings is 2. The van der Waals surface area contributed by atoms with E-state index in [4.69, 9.17) is 10.4 Å². The van der Waals surface area contributed by atoms with Gasteiger partial charge in [0.05, 0.1) is 29.1 Å². The van der Waals surface area contributed by atoms with Gasteiger partial charge in [-0.3, -0.25) is 5.43 Å². The van der Waals surface area contributed by atoms with Crippen molar-refractivity contribution in [2.75, 3.05) is 5.43 Å². The van der Waals surface area contributed by atoms with Crippen LogP contribution in [0, 0.1) is 11.3 Å². The largest absolute Gasteiger partial charge is 0.478 e. The fourth-order valence-electron chi connectivity index (χ4n) is 1.55. The van der Waals surface area contributed by atoms with E-state index in [0.717, 1.165) is 5.56 Å². The highest BCUT2D eigenvalue weighted by Crippen LogP contribution is 2.10. The zero-order valence-electron chi connectivity index (χ0n) is 10.4. The molecule has 0 heterocycles. The molecule has 0 bridgehead atoms. The smallest absolute Gasteiger partial charge is 0.335 e. The lowest BCUT2D eigenvalue weighted by molar-refractivity contribution is 0.0697. The third-order valence-electron chi connectivity index (χ3n) is 2.56. The summed E-state index contributed by atoms with van der Waals surface area (Å²) in [5, 5.41) is 21.6. The average molecular weight is 265 g/mol. The van der Waals surface area contributed by atoms with Crippen LogP contribution in [0.3, 0.4) is 0 Å². The molecule has 20 heavy (non-hydrogen) atoms. The molecule has 0 aliphatic heterocycles. The number of hydrogen-bond donors (Lipinski definition) is 2. The quantitative estimate of drug-likeness (QED) is 0.657. The molecule has 2 aromatic rings. The van der Waals surface area contributed by atoms with Crippen molar-refractivity contribution >= 4 is 17.9 Å². The van der Waals surface area contributed by atoms with Gasteiger partial charge in [0, 0.05) is 0 Å². The molecule has 0 aromatic heterocycles. The number of aromatic carboxylic acids is 1. The Morgan fingerprint density at radius 1 is 1.25 bits per heavy atom. The van der Waals surface area contributed by atoms with Gasteiger partial charge in [0.1, 0.15) is 0 Å². The van der Waals surface area contributed by atoms with Crippen molar-refractivity contribution in [3.8, 4) is 6.07 Å². The van der Waals surface area contributed by atoms with Crippen LogP contribution in [-0.2, 0) is 0 Å². The number of nitrogens with zero attached hydrogens (tertiary/aromatic N) is 2. The first-order valence-electron chi connectivity index (χ1n) is 5.81. The number of carboxylic acids is 1. The fraction of sp³-hybridized carbons (Fsp3) is 0. The normalized spacial score (nSPS) is 10.2. The van der Waals surface area contributed by atoms with Gasteiger partial charge >= 0.3 is 5.97 Å². The first-order valence-corrected chi connectivity index (χ1v) is 5.81. The van der Waals surface area contributed by atoms with Gasteiger partial charge in [0.15, 0.2) is 0 Å². The summed E-state index contributed by atoms with van der Waals surface area (Å²) >= 11 is 0. The van der Waals surface area contributed by atoms with E-state index < -0.39 is 5.97 Å². The predicted molar refractivity (Wildman–Crippen MR) is 75.8 cm³/mol. The molecule has 0 atom stereocenters. The fourth-order valence-corrected chi connectivity index (χ4v) is 1.55. The van der Waals surface area contributed by atoms with Crippen molar-refractivity contribution in [3.05, 3.63) is 65.2 Å². The number of carbonyl (C=O) groups is 1. The minimum absolute atomic E-state index is 0.198. The van der Waals surface area contributed by atoms with Gasteiger partial charge in [-0.2, -0.15) is 10.4 Å². The predicted octanol–water partition coefficient (Wildman–Crippen LogP) is 2.70. The van der Waals surface area contributed by atoms with Crippen LogP contribution < -0.4 is 5.43 Å². The minimum Gasteiger partial charge on any atom is -0.478 e. The molecule has 5 nitrogen and oxygen atoms in total. The summed E-state index contributed by atoms with van der Waals surface area (Å²) in [4.78, 5) is 10.8. The lowest BCUT2D eigenvalue weighted by Gasteiger charge is -2.01. The molecule has 0 saturated heterocycles. The van der Waals surface area contributed by atoms with E-state index in [2.05, 4.69) is 10.5 Å². The van der Waals surface area contributed by atoms with Gasteiger partial charge in [-0.05, 0) is 35.9 Å². The van der Waals surface area contributed by atoms with E-state index >= 15 is 0 Å². The second kappa shape index (κ2) is 6.16. The number of nitriles is 1. The number of carboxylic acid groups (broad SMARTS) is 1. The summed E-state index contributed by atoms with van der Waals surface area (Å²) in [6.07, 6.45) is 1.59. The summed E-state index contributed by atoms with van der Waals surface area (Å²) in [7, 11) is 0. The maximum atomic E-state index is 10.8. The first-order chi connectivity index (χ1) is 9.69. The van der Waals surface area contributed by atoms with Crippen molar-refractivity contribution in [3.63, 3.8) is 0 Å². The maximum absolute atomic E-state index is 10.8. The number of anilines is 1. The Balaban J connectivity index is 2.04. The summed E-state index contributed by atoms with van der Waals surface area (Å²) < 4.78 is 0. The topological polar surface area (TPSA) is 85.5 Å². The van der Waals surface area contributed by atoms with Gasteiger partial charge in [-0.15, -0.1) is 0 Å². The number of hydrazone groups is 1. The van der Waals surface area contributed by atoms with Crippen LogP contribution in [0.5, 0.6) is 0 Å². The molecule has 0 aliphatic carbocycles. The zero-order valence-corrected chi connectivity index (χ0v) is 10.4. The molecule has 0 spiro atoms. The standard InChI is InChI=1S/C15H11N3O2/c16-9-11-4-6-12(7-5-11)10-17-18-14-3-1-2-13(8-14)15(19)20/h1-8,10,18H,(H,19,20)/b17-10-. The van der Waals surface area contributed by atoms with Gasteiger partial charge in [-0.25, -0.2) is 4.79 Å². The van der Waals surface area contributed by atoms with Crippen molar-refractivity contribution in [1.29, 1.82) is 5.26 Å². The van der Waals surface area contributed by atoms with E-state index in [1.807, 2.05) is 6.07 Å². The second-order valence-corrected chi connectivity index (χ2v) is 3.99. The molecule has 2 aromatic carbocycles. The second-order valence-electron chi connectivity index (χ2n) is 3.99. The van der Waals surface area contributed by atoms with Gasteiger partial charge in [-0.1, -0.05) is 18.2 Å². The van der Waals surface area contributed by atoms with Crippen LogP contribution in [0.25, 0.3) is 0 Å². The maximum Gasteiger partial charge on any atom is 0.335 e. The molecule has 0 amide bonds. The Morgan fingerprint density at radius 2 is 2.00 bits per heavy atom. The van der Waals surface area contributed by atoms with Crippen LogP contribution in [0.4, 0.5) is 5.69 Å². The van der Waals surface area contributed by atoms with E-state index in [9.17, 15) is 4.79 Å². The van der Waals surface area contributed by atoms with Crippen LogP contribution in [-0.4, -0.2) is 17.3 Å². The van der Waals surface area contributed by atoms with E-state index in [0.29, 0.717) is 11.3 Å². The SMILES string of the molecule is N#Cc1ccc(/C=N\Nc2cccc(C(=O)O)c2)cc1. The highest BCUT2D eigenvalue weighted by atomic mass is 16.4. The number of hydrogen-bond acceptors (Lipinski definition) is 4. The molecular formula is C15H11N3O2. The van der Waals surface area contributed by atoms with Crippen LogP contribution in [0.1, 0.15) is 21.5 Å². The minimum atomic E-state index is -0.982. The summed E-state index contributed by atoms with van der Waals surface area (Å²) in [6, 6.07) is 15.4. The number of rotatable bonds is 4. The van der Waals surface area contributed by atoms with E-state index in [-0.39, 0.29) is 5.56 Å². The van der Waals surface area contributed by atoms with Gasteiger partial charge in [0.2, 0.25) is 0 Å². The lowest BCUT2D eigenvalue weighted by atomic mass is 10.2. The molecule has 5 heteroatoms. The Kier molecular flexibility index (Phi) is 4.10. The van der Waals surface area contributed by atoms with Crippen molar-refractivity contribution in [2.45, 2.75) is 0 Å². The highest BCUT2D eigenvalue weighted by Gasteiger charge is 2.01. The average Bonchev–Trinajstić information content (AvgIpc) is 2.48. The van der Waals surface area contributed by atoms with Crippen molar-refractivity contribution in [2.24, 2.45) is 5.10 Å². The van der Waals surface area contributed by atoms with Gasteiger partial charge in [0.25, 0.3) is 0 Å².